The zero-order valence-electron chi connectivity index (χ0n) is 15.9. The van der Waals surface area contributed by atoms with Crippen molar-refractivity contribution in [3.05, 3.63) is 65.7 Å². The molecule has 0 atom stereocenters. The largest absolute Gasteiger partial charge is 0.326 e. The van der Waals surface area contributed by atoms with Crippen molar-refractivity contribution in [3.8, 4) is 0 Å². The summed E-state index contributed by atoms with van der Waals surface area (Å²) in [6.07, 6.45) is 0.176. The maximum atomic E-state index is 13.2. The van der Waals surface area contributed by atoms with Crippen molar-refractivity contribution >= 4 is 21.6 Å². The molecule has 1 aliphatic rings. The highest BCUT2D eigenvalue weighted by atomic mass is 32.2. The minimum absolute atomic E-state index is 0.0233. The number of nitrogens with one attached hydrogen (secondary N) is 1. The monoisotopic (exact) mass is 423 g/mol. The smallest absolute Gasteiger partial charge is 0.225 e. The van der Waals surface area contributed by atoms with Crippen LogP contribution in [0.15, 0.2) is 48.5 Å². The number of rotatable bonds is 7. The van der Waals surface area contributed by atoms with Crippen LogP contribution < -0.4 is 5.32 Å². The summed E-state index contributed by atoms with van der Waals surface area (Å²) in [5.41, 5.74) is 0.953. The Hall–Kier alpha value is -2.36. The van der Waals surface area contributed by atoms with Crippen molar-refractivity contribution in [3.63, 3.8) is 0 Å². The molecule has 1 saturated heterocycles. The molecule has 9 heteroatoms. The van der Waals surface area contributed by atoms with Crippen molar-refractivity contribution in [2.45, 2.75) is 12.2 Å². The number of anilines is 1. The number of amides is 1. The third-order valence-corrected chi connectivity index (χ3v) is 6.63. The molecule has 2 aromatic rings. The van der Waals surface area contributed by atoms with Gasteiger partial charge in [0.05, 0.1) is 5.75 Å². The lowest BCUT2D eigenvalue weighted by molar-refractivity contribution is -0.116. The van der Waals surface area contributed by atoms with E-state index in [4.69, 9.17) is 0 Å². The van der Waals surface area contributed by atoms with E-state index in [2.05, 4.69) is 5.32 Å². The first-order chi connectivity index (χ1) is 13.8. The fourth-order valence-electron chi connectivity index (χ4n) is 3.16. The lowest BCUT2D eigenvalue weighted by Crippen LogP contribution is -2.49. The van der Waals surface area contributed by atoms with Crippen LogP contribution in [0, 0.1) is 11.6 Å². The van der Waals surface area contributed by atoms with E-state index < -0.39 is 21.7 Å². The van der Waals surface area contributed by atoms with E-state index >= 15 is 0 Å². The lowest BCUT2D eigenvalue weighted by Gasteiger charge is -2.33. The number of hydrogen-bond acceptors (Lipinski definition) is 4. The van der Waals surface area contributed by atoms with Gasteiger partial charge >= 0.3 is 0 Å². The highest BCUT2D eigenvalue weighted by molar-refractivity contribution is 7.88. The Balaban J connectivity index is 1.43. The second-order valence-electron chi connectivity index (χ2n) is 6.91. The van der Waals surface area contributed by atoms with Crippen LogP contribution in [-0.2, 0) is 20.6 Å². The highest BCUT2D eigenvalue weighted by Gasteiger charge is 2.27. The molecule has 0 bridgehead atoms. The minimum atomic E-state index is -3.38. The van der Waals surface area contributed by atoms with Gasteiger partial charge in [0.25, 0.3) is 0 Å². The van der Waals surface area contributed by atoms with Crippen molar-refractivity contribution in [2.24, 2.45) is 0 Å². The molecule has 29 heavy (non-hydrogen) atoms. The molecule has 0 spiro atoms. The summed E-state index contributed by atoms with van der Waals surface area (Å²) in [6.45, 7) is 2.28. The fraction of sp³-hybridized carbons (Fsp3) is 0.350. The number of halogens is 2. The zero-order valence-corrected chi connectivity index (χ0v) is 16.7. The third kappa shape index (κ3) is 6.06. The first-order valence-corrected chi connectivity index (χ1v) is 10.9. The second-order valence-corrected chi connectivity index (χ2v) is 8.88. The number of nitrogens with zero attached hydrogens (tertiary/aromatic N) is 2. The van der Waals surface area contributed by atoms with Crippen LogP contribution >= 0.6 is 0 Å². The minimum Gasteiger partial charge on any atom is -0.326 e. The summed E-state index contributed by atoms with van der Waals surface area (Å²) < 4.78 is 52.7. The summed E-state index contributed by atoms with van der Waals surface area (Å²) >= 11 is 0. The first-order valence-electron chi connectivity index (χ1n) is 9.32. The number of hydrogen-bond donors (Lipinski definition) is 1. The Morgan fingerprint density at radius 3 is 2.31 bits per heavy atom. The van der Waals surface area contributed by atoms with Gasteiger partial charge in [0.15, 0.2) is 11.6 Å². The molecule has 156 valence electrons. The van der Waals surface area contributed by atoms with Gasteiger partial charge in [0.1, 0.15) is 0 Å². The second kappa shape index (κ2) is 9.43. The first kappa shape index (κ1) is 21.4. The van der Waals surface area contributed by atoms with Crippen molar-refractivity contribution in [1.82, 2.24) is 9.21 Å². The molecule has 6 nitrogen and oxygen atoms in total. The average molecular weight is 423 g/mol. The van der Waals surface area contributed by atoms with E-state index in [-0.39, 0.29) is 23.8 Å². The lowest BCUT2D eigenvalue weighted by atomic mass is 10.2. The van der Waals surface area contributed by atoms with E-state index in [0.717, 1.165) is 17.7 Å². The summed E-state index contributed by atoms with van der Waals surface area (Å²) in [4.78, 5) is 14.0. The van der Waals surface area contributed by atoms with E-state index in [1.165, 1.54) is 10.4 Å². The van der Waals surface area contributed by atoms with Crippen LogP contribution in [0.2, 0.25) is 0 Å². The van der Waals surface area contributed by atoms with Crippen LogP contribution in [0.1, 0.15) is 12.0 Å². The van der Waals surface area contributed by atoms with Gasteiger partial charge in [0, 0.05) is 50.9 Å². The number of piperazine rings is 1. The van der Waals surface area contributed by atoms with Crippen LogP contribution in [0.4, 0.5) is 14.5 Å². The third-order valence-electron chi connectivity index (χ3n) is 4.77. The molecule has 1 fully saturated rings. The molecule has 0 radical (unpaired) electrons. The maximum absolute atomic E-state index is 13.2. The molecule has 1 aliphatic heterocycles. The molecule has 0 unspecified atom stereocenters. The van der Waals surface area contributed by atoms with Gasteiger partial charge in [-0.3, -0.25) is 4.79 Å². The molecule has 1 N–H and O–H groups in total. The Labute approximate surface area is 169 Å². The Morgan fingerprint density at radius 2 is 1.66 bits per heavy atom. The quantitative estimate of drug-likeness (QED) is 0.743. The van der Waals surface area contributed by atoms with Crippen LogP contribution in [0.25, 0.3) is 0 Å². The van der Waals surface area contributed by atoms with Crippen molar-refractivity contribution < 1.29 is 22.0 Å². The van der Waals surface area contributed by atoms with Gasteiger partial charge in [0.2, 0.25) is 15.9 Å². The molecule has 2 aromatic carbocycles. The number of carbonyl (C=O) groups is 1. The Morgan fingerprint density at radius 1 is 0.966 bits per heavy atom. The van der Waals surface area contributed by atoms with E-state index in [1.807, 2.05) is 23.1 Å². The van der Waals surface area contributed by atoms with Gasteiger partial charge < -0.3 is 10.2 Å². The fourth-order valence-corrected chi connectivity index (χ4v) is 4.68. The topological polar surface area (TPSA) is 69.7 Å². The van der Waals surface area contributed by atoms with Crippen LogP contribution in [0.5, 0.6) is 0 Å². The summed E-state index contributed by atoms with van der Waals surface area (Å²) in [5, 5.41) is 2.53. The maximum Gasteiger partial charge on any atom is 0.225 e. The number of benzene rings is 2. The van der Waals surface area contributed by atoms with Gasteiger partial charge in [-0.2, -0.15) is 4.31 Å². The Kier molecular flexibility index (Phi) is 6.94. The molecular weight excluding hydrogens is 400 g/mol. The predicted octanol–water partition coefficient (Wildman–Crippen LogP) is 2.44. The van der Waals surface area contributed by atoms with Gasteiger partial charge in [-0.25, -0.2) is 17.2 Å². The molecular formula is C20H23F2N3O3S. The SMILES string of the molecule is O=C(CCN1CCN(S(=O)(=O)Cc2ccccc2)CC1)Nc1ccc(F)c(F)c1. The van der Waals surface area contributed by atoms with E-state index in [1.54, 1.807) is 12.1 Å². The van der Waals surface area contributed by atoms with Crippen LogP contribution in [-0.4, -0.2) is 56.3 Å². The van der Waals surface area contributed by atoms with E-state index in [0.29, 0.717) is 32.7 Å². The van der Waals surface area contributed by atoms with Gasteiger partial charge in [-0.05, 0) is 17.7 Å². The standard InChI is InChI=1S/C20H23F2N3O3S/c21-18-7-6-17(14-19(18)22)23-20(26)8-9-24-10-12-25(13-11-24)29(27,28)15-16-4-2-1-3-5-16/h1-7,14H,8-13,15H2,(H,23,26). The summed E-state index contributed by atoms with van der Waals surface area (Å²) in [6, 6.07) is 12.2. The molecule has 0 aromatic heterocycles. The number of carbonyl (C=O) groups excluding carboxylic acids is 1. The van der Waals surface area contributed by atoms with Crippen LogP contribution in [0.3, 0.4) is 0 Å². The molecule has 0 aliphatic carbocycles. The molecule has 1 amide bonds. The van der Waals surface area contributed by atoms with Crippen molar-refractivity contribution in [1.29, 1.82) is 0 Å². The zero-order chi connectivity index (χ0) is 20.9. The normalized spacial score (nSPS) is 15.9. The summed E-state index contributed by atoms with van der Waals surface area (Å²) in [7, 11) is -3.38. The van der Waals surface area contributed by atoms with Gasteiger partial charge in [-0.1, -0.05) is 30.3 Å². The molecule has 3 rings (SSSR count). The summed E-state index contributed by atoms with van der Waals surface area (Å²) in [5.74, 6) is -2.32. The highest BCUT2D eigenvalue weighted by Crippen LogP contribution is 2.15. The van der Waals surface area contributed by atoms with Gasteiger partial charge in [-0.15, -0.1) is 0 Å². The van der Waals surface area contributed by atoms with Crippen molar-refractivity contribution in [2.75, 3.05) is 38.0 Å². The average Bonchev–Trinajstić information content (AvgIpc) is 2.70. The molecule has 1 heterocycles. The molecule has 0 saturated carbocycles. The van der Waals surface area contributed by atoms with E-state index in [9.17, 15) is 22.0 Å². The Bertz CT molecular complexity index is 947. The number of sulfonamides is 1. The predicted molar refractivity (Wildman–Crippen MR) is 107 cm³/mol.